The van der Waals surface area contributed by atoms with Gasteiger partial charge in [-0.05, 0) is 30.9 Å². The summed E-state index contributed by atoms with van der Waals surface area (Å²) in [6.45, 7) is 0. The number of allylic oxidation sites excluding steroid dienone is 2. The van der Waals surface area contributed by atoms with Crippen LogP contribution in [-0.2, 0) is 4.79 Å². The van der Waals surface area contributed by atoms with Gasteiger partial charge in [0, 0.05) is 6.42 Å². The predicted molar refractivity (Wildman–Crippen MR) is 87.3 cm³/mol. The number of benzene rings is 1. The third kappa shape index (κ3) is 3.62. The molecule has 0 spiro atoms. The first-order valence-corrected chi connectivity index (χ1v) is 7.73. The second-order valence-electron chi connectivity index (χ2n) is 5.62. The van der Waals surface area contributed by atoms with Crippen molar-refractivity contribution in [2.75, 3.05) is 0 Å². The largest absolute Gasteiger partial charge is 0.504 e. The third-order valence-electron chi connectivity index (χ3n) is 3.81. The first-order chi connectivity index (χ1) is 11.6. The molecular formula is C17H18N4O3. The second-order valence-corrected chi connectivity index (χ2v) is 5.62. The molecule has 7 heteroatoms. The van der Waals surface area contributed by atoms with Gasteiger partial charge >= 0.3 is 0 Å². The number of rotatable bonds is 4. The van der Waals surface area contributed by atoms with Gasteiger partial charge in [0.1, 0.15) is 0 Å². The summed E-state index contributed by atoms with van der Waals surface area (Å²) in [7, 11) is 0. The minimum atomic E-state index is -0.669. The van der Waals surface area contributed by atoms with Crippen LogP contribution in [0.25, 0.3) is 5.69 Å². The van der Waals surface area contributed by atoms with Crippen molar-refractivity contribution in [2.45, 2.75) is 19.3 Å². The first-order valence-electron chi connectivity index (χ1n) is 7.73. The molecule has 0 bridgehead atoms. The van der Waals surface area contributed by atoms with Crippen molar-refractivity contribution in [3.05, 3.63) is 54.4 Å². The Balaban J connectivity index is 1.60. The van der Waals surface area contributed by atoms with E-state index in [1.54, 1.807) is 12.1 Å². The SMILES string of the molecule is O=C(C[C@H]1C=CCC1)NNC(=O)c1nn(-c2ccccc2)cc1O. The molecule has 1 aliphatic carbocycles. The number of nitrogens with one attached hydrogen (secondary N) is 2. The highest BCUT2D eigenvalue weighted by atomic mass is 16.3. The van der Waals surface area contributed by atoms with Crippen LogP contribution in [0.3, 0.4) is 0 Å². The lowest BCUT2D eigenvalue weighted by atomic mass is 10.1. The molecule has 0 radical (unpaired) electrons. The predicted octanol–water partition coefficient (Wildman–Crippen LogP) is 1.70. The molecule has 124 valence electrons. The Kier molecular flexibility index (Phi) is 4.60. The van der Waals surface area contributed by atoms with Crippen molar-refractivity contribution in [3.63, 3.8) is 0 Å². The van der Waals surface area contributed by atoms with Gasteiger partial charge in [0.15, 0.2) is 11.4 Å². The van der Waals surface area contributed by atoms with E-state index < -0.39 is 5.91 Å². The summed E-state index contributed by atoms with van der Waals surface area (Å²) in [5.41, 5.74) is 5.19. The molecule has 0 unspecified atom stereocenters. The van der Waals surface area contributed by atoms with Gasteiger partial charge in [0.2, 0.25) is 5.91 Å². The number of nitrogens with zero attached hydrogens (tertiary/aromatic N) is 2. The number of hydrogen-bond donors (Lipinski definition) is 3. The lowest BCUT2D eigenvalue weighted by Crippen LogP contribution is -2.42. The van der Waals surface area contributed by atoms with Crippen molar-refractivity contribution in [2.24, 2.45) is 5.92 Å². The number of hydrogen-bond acceptors (Lipinski definition) is 4. The zero-order valence-electron chi connectivity index (χ0n) is 13.0. The number of aromatic hydroxyl groups is 1. The quantitative estimate of drug-likeness (QED) is 0.588. The van der Waals surface area contributed by atoms with Crippen molar-refractivity contribution in [1.29, 1.82) is 0 Å². The highest BCUT2D eigenvalue weighted by molar-refractivity contribution is 5.95. The maximum atomic E-state index is 12.1. The van der Waals surface area contributed by atoms with Crippen LogP contribution in [0.1, 0.15) is 29.8 Å². The van der Waals surface area contributed by atoms with Crippen LogP contribution in [0.4, 0.5) is 0 Å². The molecular weight excluding hydrogens is 308 g/mol. The maximum absolute atomic E-state index is 12.1. The van der Waals surface area contributed by atoms with E-state index in [-0.39, 0.29) is 23.3 Å². The van der Waals surface area contributed by atoms with Gasteiger partial charge < -0.3 is 5.11 Å². The topological polar surface area (TPSA) is 96.3 Å². The van der Waals surface area contributed by atoms with Crippen molar-refractivity contribution >= 4 is 11.8 Å². The fourth-order valence-electron chi connectivity index (χ4n) is 2.58. The Morgan fingerprint density at radius 2 is 2.04 bits per heavy atom. The minimum absolute atomic E-state index is 0.153. The van der Waals surface area contributed by atoms with Gasteiger partial charge in [-0.25, -0.2) is 4.68 Å². The number of carbonyl (C=O) groups is 2. The second kappa shape index (κ2) is 6.99. The van der Waals surface area contributed by atoms with E-state index in [0.29, 0.717) is 12.1 Å². The zero-order valence-corrected chi connectivity index (χ0v) is 13.0. The monoisotopic (exact) mass is 326 g/mol. The molecule has 1 heterocycles. The molecule has 0 aliphatic heterocycles. The van der Waals surface area contributed by atoms with E-state index in [4.69, 9.17) is 0 Å². The standard InChI is InChI=1S/C17H18N4O3/c22-14-11-21(13-8-2-1-3-9-13)20-16(14)17(24)19-18-15(23)10-12-6-4-5-7-12/h1-4,6,8-9,11-12,22H,5,7,10H2,(H,18,23)(H,19,24)/t12-/m0/s1. The van der Waals surface area contributed by atoms with Gasteiger partial charge in [-0.2, -0.15) is 5.10 Å². The highest BCUT2D eigenvalue weighted by Gasteiger charge is 2.19. The van der Waals surface area contributed by atoms with Crippen LogP contribution in [0.15, 0.2) is 48.7 Å². The normalized spacial score (nSPS) is 16.1. The van der Waals surface area contributed by atoms with Crippen molar-refractivity contribution < 1.29 is 14.7 Å². The van der Waals surface area contributed by atoms with Gasteiger partial charge in [-0.3, -0.25) is 20.4 Å². The molecule has 7 nitrogen and oxygen atoms in total. The van der Waals surface area contributed by atoms with Crippen LogP contribution in [-0.4, -0.2) is 26.7 Å². The Labute approximate surface area is 139 Å². The summed E-state index contributed by atoms with van der Waals surface area (Å²) in [5.74, 6) is -0.990. The molecule has 1 aromatic carbocycles. The lowest BCUT2D eigenvalue weighted by Gasteiger charge is -2.09. The average Bonchev–Trinajstić information content (AvgIpc) is 3.23. The van der Waals surface area contributed by atoms with Gasteiger partial charge in [0.05, 0.1) is 11.9 Å². The van der Waals surface area contributed by atoms with Crippen LogP contribution in [0.5, 0.6) is 5.75 Å². The maximum Gasteiger partial charge on any atom is 0.294 e. The molecule has 3 rings (SSSR count). The smallest absolute Gasteiger partial charge is 0.294 e. The fraction of sp³-hybridized carbons (Fsp3) is 0.235. The summed E-state index contributed by atoms with van der Waals surface area (Å²) in [6.07, 6.45) is 7.65. The van der Waals surface area contributed by atoms with E-state index in [9.17, 15) is 14.7 Å². The van der Waals surface area contributed by atoms with E-state index in [2.05, 4.69) is 16.0 Å². The number of carbonyl (C=O) groups excluding carboxylic acids is 2. The van der Waals surface area contributed by atoms with Crippen molar-refractivity contribution in [1.82, 2.24) is 20.6 Å². The van der Waals surface area contributed by atoms with Crippen LogP contribution >= 0.6 is 0 Å². The van der Waals surface area contributed by atoms with Crippen molar-refractivity contribution in [3.8, 4) is 11.4 Å². The lowest BCUT2D eigenvalue weighted by molar-refractivity contribution is -0.122. The molecule has 24 heavy (non-hydrogen) atoms. The first kappa shape index (κ1) is 15.8. The summed E-state index contributed by atoms with van der Waals surface area (Å²) < 4.78 is 1.40. The zero-order chi connectivity index (χ0) is 16.9. The van der Waals surface area contributed by atoms with E-state index in [1.165, 1.54) is 10.9 Å². The number of amides is 2. The Morgan fingerprint density at radius 3 is 2.75 bits per heavy atom. The third-order valence-corrected chi connectivity index (χ3v) is 3.81. The number of para-hydroxylation sites is 1. The van der Waals surface area contributed by atoms with Gasteiger partial charge in [-0.1, -0.05) is 30.4 Å². The molecule has 1 atom stereocenters. The molecule has 1 aliphatic rings. The number of hydrazine groups is 1. The van der Waals surface area contributed by atoms with Crippen LogP contribution in [0, 0.1) is 5.92 Å². The molecule has 2 aromatic rings. The van der Waals surface area contributed by atoms with Crippen LogP contribution < -0.4 is 10.9 Å². The van der Waals surface area contributed by atoms with Gasteiger partial charge in [-0.15, -0.1) is 0 Å². The Hall–Kier alpha value is -3.09. The molecule has 2 amide bonds. The molecule has 0 fully saturated rings. The van der Waals surface area contributed by atoms with E-state index >= 15 is 0 Å². The molecule has 1 aromatic heterocycles. The summed E-state index contributed by atoms with van der Waals surface area (Å²) in [6, 6.07) is 9.10. The molecule has 0 saturated carbocycles. The van der Waals surface area contributed by atoms with E-state index in [0.717, 1.165) is 12.8 Å². The summed E-state index contributed by atoms with van der Waals surface area (Å²) in [5, 5.41) is 13.9. The number of aromatic nitrogens is 2. The highest BCUT2D eigenvalue weighted by Crippen LogP contribution is 2.20. The van der Waals surface area contributed by atoms with Gasteiger partial charge in [0.25, 0.3) is 5.91 Å². The summed E-state index contributed by atoms with van der Waals surface area (Å²) >= 11 is 0. The van der Waals surface area contributed by atoms with Crippen LogP contribution in [0.2, 0.25) is 0 Å². The Morgan fingerprint density at radius 1 is 1.25 bits per heavy atom. The molecule has 3 N–H and O–H groups in total. The minimum Gasteiger partial charge on any atom is -0.504 e. The summed E-state index contributed by atoms with van der Waals surface area (Å²) in [4.78, 5) is 23.9. The fourth-order valence-corrected chi connectivity index (χ4v) is 2.58. The average molecular weight is 326 g/mol. The van der Waals surface area contributed by atoms with E-state index in [1.807, 2.05) is 30.4 Å². The molecule has 0 saturated heterocycles. The Bertz CT molecular complexity index is 767.